The summed E-state index contributed by atoms with van der Waals surface area (Å²) in [6, 6.07) is 9.19. The smallest absolute Gasteiger partial charge is 0.272 e. The van der Waals surface area contributed by atoms with Crippen LogP contribution in [0.15, 0.2) is 30.3 Å². The first-order valence-electron chi connectivity index (χ1n) is 9.50. The molecule has 2 heterocycles. The Morgan fingerprint density at radius 3 is 2.43 bits per heavy atom. The van der Waals surface area contributed by atoms with Gasteiger partial charge in [0, 0.05) is 29.9 Å². The second-order valence-corrected chi connectivity index (χ2v) is 7.32. The highest BCUT2D eigenvalue weighted by Crippen LogP contribution is 2.26. The van der Waals surface area contributed by atoms with Gasteiger partial charge in [-0.2, -0.15) is 10.2 Å². The maximum absolute atomic E-state index is 12.9. The highest BCUT2D eigenvalue weighted by molar-refractivity contribution is 6.30. The van der Waals surface area contributed by atoms with Crippen molar-refractivity contribution in [2.75, 3.05) is 0 Å². The Hall–Kier alpha value is -2.60. The fourth-order valence-corrected chi connectivity index (χ4v) is 3.73. The third-order valence-electron chi connectivity index (χ3n) is 5.05. The second-order valence-electron chi connectivity index (χ2n) is 6.88. The molecule has 0 aliphatic heterocycles. The number of aryl methyl sites for hydroxylation is 3. The highest BCUT2D eigenvalue weighted by atomic mass is 35.5. The maximum Gasteiger partial charge on any atom is 0.272 e. The Labute approximate surface area is 170 Å². The van der Waals surface area contributed by atoms with E-state index in [0.717, 1.165) is 41.2 Å². The molecule has 0 radical (unpaired) electrons. The predicted molar refractivity (Wildman–Crippen MR) is 112 cm³/mol. The van der Waals surface area contributed by atoms with Crippen LogP contribution in [0.1, 0.15) is 53.7 Å². The molecule has 148 valence electrons. The van der Waals surface area contributed by atoms with Gasteiger partial charge in [0.1, 0.15) is 0 Å². The van der Waals surface area contributed by atoms with Gasteiger partial charge >= 0.3 is 0 Å². The van der Waals surface area contributed by atoms with Crippen LogP contribution in [0.2, 0.25) is 5.02 Å². The maximum atomic E-state index is 12.9. The van der Waals surface area contributed by atoms with Crippen molar-refractivity contribution in [3.05, 3.63) is 58.0 Å². The SMILES string of the molecule is CC[C@@H](NC(=O)c1cc(-c2ccc(Cl)cc2)n(C)n1)c1c(C)nn(CC)c1C. The second kappa shape index (κ2) is 8.19. The molecular formula is C21H26ClN5O. The first kappa shape index (κ1) is 20.1. The first-order chi connectivity index (χ1) is 13.3. The van der Waals surface area contributed by atoms with Crippen molar-refractivity contribution in [2.24, 2.45) is 7.05 Å². The molecule has 0 bridgehead atoms. The number of carbonyl (C=O) groups is 1. The van der Waals surface area contributed by atoms with Gasteiger partial charge < -0.3 is 5.32 Å². The van der Waals surface area contributed by atoms with Crippen molar-refractivity contribution in [3.63, 3.8) is 0 Å². The zero-order chi connectivity index (χ0) is 20.4. The summed E-state index contributed by atoms with van der Waals surface area (Å²) in [7, 11) is 1.83. The van der Waals surface area contributed by atoms with Crippen LogP contribution in [0.5, 0.6) is 0 Å². The van der Waals surface area contributed by atoms with Crippen LogP contribution < -0.4 is 5.32 Å². The van der Waals surface area contributed by atoms with Gasteiger partial charge in [-0.05, 0) is 51.0 Å². The summed E-state index contributed by atoms with van der Waals surface area (Å²) in [4.78, 5) is 12.9. The number of hydrogen-bond donors (Lipinski definition) is 1. The molecule has 1 atom stereocenters. The zero-order valence-corrected chi connectivity index (χ0v) is 17.7. The number of halogens is 1. The lowest BCUT2D eigenvalue weighted by Crippen LogP contribution is -2.29. The number of aromatic nitrogens is 4. The monoisotopic (exact) mass is 399 g/mol. The molecule has 7 heteroatoms. The summed E-state index contributed by atoms with van der Waals surface area (Å²) in [6.45, 7) is 8.97. The van der Waals surface area contributed by atoms with Crippen LogP contribution in [0, 0.1) is 13.8 Å². The van der Waals surface area contributed by atoms with E-state index in [1.807, 2.05) is 49.8 Å². The molecular weight excluding hydrogens is 374 g/mol. The molecule has 0 aliphatic carbocycles. The van der Waals surface area contributed by atoms with Gasteiger partial charge in [-0.3, -0.25) is 14.2 Å². The van der Waals surface area contributed by atoms with E-state index in [-0.39, 0.29) is 11.9 Å². The average molecular weight is 400 g/mol. The van der Waals surface area contributed by atoms with Gasteiger partial charge in [0.2, 0.25) is 0 Å². The predicted octanol–water partition coefficient (Wildman–Crippen LogP) is 4.45. The van der Waals surface area contributed by atoms with E-state index < -0.39 is 0 Å². The summed E-state index contributed by atoms with van der Waals surface area (Å²) < 4.78 is 3.68. The molecule has 6 nitrogen and oxygen atoms in total. The normalized spacial score (nSPS) is 12.2. The number of benzene rings is 1. The van der Waals surface area contributed by atoms with Gasteiger partial charge in [0.05, 0.1) is 17.4 Å². The lowest BCUT2D eigenvalue weighted by molar-refractivity contribution is 0.0929. The standard InChI is InChI=1S/C21H26ClN5O/c1-6-17(20-13(3)24-27(7-2)14(20)4)23-21(28)18-12-19(26(5)25-18)15-8-10-16(22)11-9-15/h8-12,17H,6-7H2,1-5H3,(H,23,28)/t17-/m1/s1. The Kier molecular flexibility index (Phi) is 5.89. The Morgan fingerprint density at radius 2 is 1.86 bits per heavy atom. The van der Waals surface area contributed by atoms with E-state index in [4.69, 9.17) is 11.6 Å². The summed E-state index contributed by atoms with van der Waals surface area (Å²) in [6.07, 6.45) is 0.777. The quantitative estimate of drug-likeness (QED) is 0.665. The van der Waals surface area contributed by atoms with Gasteiger partial charge in [-0.15, -0.1) is 0 Å². The number of rotatable bonds is 6. The molecule has 3 rings (SSSR count). The molecule has 0 aliphatic rings. The minimum Gasteiger partial charge on any atom is -0.344 e. The van der Waals surface area contributed by atoms with Crippen molar-refractivity contribution in [3.8, 4) is 11.3 Å². The highest BCUT2D eigenvalue weighted by Gasteiger charge is 2.23. The van der Waals surface area contributed by atoms with E-state index in [9.17, 15) is 4.79 Å². The third-order valence-corrected chi connectivity index (χ3v) is 5.30. The number of nitrogens with zero attached hydrogens (tertiary/aromatic N) is 4. The first-order valence-corrected chi connectivity index (χ1v) is 9.88. The van der Waals surface area contributed by atoms with Crippen LogP contribution in [0.4, 0.5) is 0 Å². The number of carbonyl (C=O) groups excluding carboxylic acids is 1. The van der Waals surface area contributed by atoms with Crippen molar-refractivity contribution in [2.45, 2.75) is 46.7 Å². The minimum absolute atomic E-state index is 0.103. The summed E-state index contributed by atoms with van der Waals surface area (Å²) in [5.41, 5.74) is 5.35. The molecule has 0 saturated heterocycles. The van der Waals surface area contributed by atoms with Gasteiger partial charge in [0.25, 0.3) is 5.91 Å². The third kappa shape index (κ3) is 3.83. The largest absolute Gasteiger partial charge is 0.344 e. The summed E-state index contributed by atoms with van der Waals surface area (Å²) in [5, 5.41) is 12.8. The van der Waals surface area contributed by atoms with E-state index in [1.54, 1.807) is 10.7 Å². The van der Waals surface area contributed by atoms with Crippen LogP contribution in [0.3, 0.4) is 0 Å². The molecule has 0 fully saturated rings. The summed E-state index contributed by atoms with van der Waals surface area (Å²) >= 11 is 5.97. The molecule has 1 amide bonds. The van der Waals surface area contributed by atoms with Crippen LogP contribution in [-0.2, 0) is 13.6 Å². The summed E-state index contributed by atoms with van der Waals surface area (Å²) in [5.74, 6) is -0.189. The van der Waals surface area contributed by atoms with Crippen LogP contribution in [0.25, 0.3) is 11.3 Å². The molecule has 0 unspecified atom stereocenters. The van der Waals surface area contributed by atoms with Crippen molar-refractivity contribution < 1.29 is 4.79 Å². The topological polar surface area (TPSA) is 64.7 Å². The van der Waals surface area contributed by atoms with E-state index >= 15 is 0 Å². The van der Waals surface area contributed by atoms with Crippen LogP contribution >= 0.6 is 11.6 Å². The van der Waals surface area contributed by atoms with E-state index in [0.29, 0.717) is 10.7 Å². The minimum atomic E-state index is -0.189. The number of hydrogen-bond acceptors (Lipinski definition) is 3. The van der Waals surface area contributed by atoms with E-state index in [2.05, 4.69) is 29.4 Å². The Balaban J connectivity index is 1.85. The molecule has 0 saturated carbocycles. The van der Waals surface area contributed by atoms with E-state index in [1.165, 1.54) is 0 Å². The Bertz CT molecular complexity index is 987. The lowest BCUT2D eigenvalue weighted by Gasteiger charge is -2.17. The fraction of sp³-hybridized carbons (Fsp3) is 0.381. The van der Waals surface area contributed by atoms with Crippen LogP contribution in [-0.4, -0.2) is 25.5 Å². The van der Waals surface area contributed by atoms with Crippen molar-refractivity contribution >= 4 is 17.5 Å². The van der Waals surface area contributed by atoms with Crippen molar-refractivity contribution in [1.29, 1.82) is 0 Å². The average Bonchev–Trinajstić information content (AvgIpc) is 3.20. The molecule has 2 aromatic heterocycles. The molecule has 1 N–H and O–H groups in total. The molecule has 0 spiro atoms. The fourth-order valence-electron chi connectivity index (χ4n) is 3.60. The number of nitrogens with one attached hydrogen (secondary N) is 1. The lowest BCUT2D eigenvalue weighted by atomic mass is 10.0. The van der Waals surface area contributed by atoms with Gasteiger partial charge in [-0.25, -0.2) is 0 Å². The molecule has 3 aromatic rings. The molecule has 28 heavy (non-hydrogen) atoms. The number of amides is 1. The molecule has 1 aromatic carbocycles. The Morgan fingerprint density at radius 1 is 1.18 bits per heavy atom. The van der Waals surface area contributed by atoms with Gasteiger partial charge in [-0.1, -0.05) is 30.7 Å². The van der Waals surface area contributed by atoms with Crippen molar-refractivity contribution in [1.82, 2.24) is 24.9 Å². The van der Waals surface area contributed by atoms with Gasteiger partial charge in [0.15, 0.2) is 5.69 Å². The zero-order valence-electron chi connectivity index (χ0n) is 17.0.